The number of aromatic nitrogens is 1. The van der Waals surface area contributed by atoms with Crippen LogP contribution in [0.15, 0.2) is 36.5 Å². The van der Waals surface area contributed by atoms with Crippen molar-refractivity contribution in [2.24, 2.45) is 0 Å². The summed E-state index contributed by atoms with van der Waals surface area (Å²) in [5.74, 6) is -0.0571. The third-order valence-electron chi connectivity index (χ3n) is 2.82. The van der Waals surface area contributed by atoms with Gasteiger partial charge in [0.1, 0.15) is 0 Å². The molecule has 3 nitrogen and oxygen atoms in total. The van der Waals surface area contributed by atoms with Gasteiger partial charge in [0.05, 0.1) is 5.56 Å². The SMILES string of the molecule is Cc1ccc(OC(=O)c2ccc(C)c(C)c2)nc1. The number of aryl methyl sites for hydroxylation is 3. The highest BCUT2D eigenvalue weighted by Gasteiger charge is 2.09. The van der Waals surface area contributed by atoms with E-state index >= 15 is 0 Å². The lowest BCUT2D eigenvalue weighted by Gasteiger charge is -2.05. The minimum atomic E-state index is -0.380. The average molecular weight is 241 g/mol. The van der Waals surface area contributed by atoms with Crippen molar-refractivity contribution in [2.75, 3.05) is 0 Å². The van der Waals surface area contributed by atoms with Gasteiger partial charge in [-0.25, -0.2) is 9.78 Å². The number of rotatable bonds is 2. The second-order valence-electron chi connectivity index (χ2n) is 4.36. The van der Waals surface area contributed by atoms with Gasteiger partial charge in [-0.15, -0.1) is 0 Å². The maximum Gasteiger partial charge on any atom is 0.344 e. The van der Waals surface area contributed by atoms with E-state index in [9.17, 15) is 4.79 Å². The van der Waals surface area contributed by atoms with Crippen LogP contribution < -0.4 is 4.74 Å². The second kappa shape index (κ2) is 5.00. The van der Waals surface area contributed by atoms with Crippen LogP contribution in [0.3, 0.4) is 0 Å². The Bertz CT molecular complexity index is 574. The Hall–Kier alpha value is -2.16. The lowest BCUT2D eigenvalue weighted by molar-refractivity contribution is 0.0727. The highest BCUT2D eigenvalue weighted by atomic mass is 16.5. The number of hydrogen-bond acceptors (Lipinski definition) is 3. The molecule has 0 aliphatic heterocycles. The number of carbonyl (C=O) groups is 1. The summed E-state index contributed by atoms with van der Waals surface area (Å²) in [7, 11) is 0. The third-order valence-corrected chi connectivity index (χ3v) is 2.82. The molecule has 2 rings (SSSR count). The van der Waals surface area contributed by atoms with Crippen LogP contribution in [0, 0.1) is 20.8 Å². The second-order valence-corrected chi connectivity index (χ2v) is 4.36. The number of ether oxygens (including phenoxy) is 1. The lowest BCUT2D eigenvalue weighted by Crippen LogP contribution is -2.09. The summed E-state index contributed by atoms with van der Waals surface area (Å²) in [6.07, 6.45) is 1.67. The fourth-order valence-electron chi connectivity index (χ4n) is 1.54. The predicted molar refractivity (Wildman–Crippen MR) is 69.8 cm³/mol. The molecular formula is C15H15NO2. The summed E-state index contributed by atoms with van der Waals surface area (Å²) in [6.45, 7) is 5.91. The van der Waals surface area contributed by atoms with Crippen LogP contribution in [0.5, 0.6) is 5.88 Å². The molecule has 0 fully saturated rings. The molecule has 0 aliphatic rings. The number of carbonyl (C=O) groups excluding carboxylic acids is 1. The quantitative estimate of drug-likeness (QED) is 0.758. The molecule has 0 radical (unpaired) electrons. The average Bonchev–Trinajstić information content (AvgIpc) is 2.35. The van der Waals surface area contributed by atoms with Gasteiger partial charge < -0.3 is 4.74 Å². The topological polar surface area (TPSA) is 39.2 Å². The van der Waals surface area contributed by atoms with Gasteiger partial charge in [0.2, 0.25) is 5.88 Å². The first-order chi connectivity index (χ1) is 8.56. The Morgan fingerprint density at radius 1 is 1.06 bits per heavy atom. The molecule has 0 spiro atoms. The van der Waals surface area contributed by atoms with Gasteiger partial charge in [-0.3, -0.25) is 0 Å². The normalized spacial score (nSPS) is 10.2. The van der Waals surface area contributed by atoms with Gasteiger partial charge >= 0.3 is 5.97 Å². The predicted octanol–water partition coefficient (Wildman–Crippen LogP) is 3.23. The van der Waals surface area contributed by atoms with Crippen molar-refractivity contribution >= 4 is 5.97 Å². The molecule has 3 heteroatoms. The molecule has 18 heavy (non-hydrogen) atoms. The smallest absolute Gasteiger partial charge is 0.344 e. The monoisotopic (exact) mass is 241 g/mol. The third kappa shape index (κ3) is 2.74. The van der Waals surface area contributed by atoms with Crippen LogP contribution in [0.4, 0.5) is 0 Å². The van der Waals surface area contributed by atoms with Crippen LogP contribution in [-0.2, 0) is 0 Å². The number of hydrogen-bond donors (Lipinski definition) is 0. The summed E-state index contributed by atoms with van der Waals surface area (Å²) < 4.78 is 5.20. The molecule has 0 atom stereocenters. The highest BCUT2D eigenvalue weighted by molar-refractivity contribution is 5.91. The highest BCUT2D eigenvalue weighted by Crippen LogP contribution is 2.13. The largest absolute Gasteiger partial charge is 0.404 e. The van der Waals surface area contributed by atoms with Gasteiger partial charge in [-0.05, 0) is 49.6 Å². The number of nitrogens with zero attached hydrogens (tertiary/aromatic N) is 1. The van der Waals surface area contributed by atoms with Crippen LogP contribution in [0.1, 0.15) is 27.0 Å². The first kappa shape index (κ1) is 12.3. The Morgan fingerprint density at radius 3 is 2.44 bits per heavy atom. The first-order valence-electron chi connectivity index (χ1n) is 5.78. The van der Waals surface area contributed by atoms with Gasteiger partial charge in [0.15, 0.2) is 0 Å². The van der Waals surface area contributed by atoms with E-state index in [2.05, 4.69) is 4.98 Å². The van der Waals surface area contributed by atoms with Gasteiger partial charge in [-0.2, -0.15) is 0 Å². The van der Waals surface area contributed by atoms with Crippen molar-refractivity contribution in [2.45, 2.75) is 20.8 Å². The number of esters is 1. The molecule has 0 aliphatic carbocycles. The van der Waals surface area contributed by atoms with E-state index in [-0.39, 0.29) is 5.97 Å². The van der Waals surface area contributed by atoms with E-state index in [1.54, 1.807) is 18.3 Å². The summed E-state index contributed by atoms with van der Waals surface area (Å²) in [5.41, 5.74) is 3.79. The minimum Gasteiger partial charge on any atom is -0.404 e. The van der Waals surface area contributed by atoms with Crippen LogP contribution in [-0.4, -0.2) is 11.0 Å². The van der Waals surface area contributed by atoms with Crippen molar-refractivity contribution < 1.29 is 9.53 Å². The summed E-state index contributed by atoms with van der Waals surface area (Å²) in [4.78, 5) is 15.9. The van der Waals surface area contributed by atoms with Crippen molar-refractivity contribution in [3.05, 3.63) is 58.8 Å². The molecule has 1 aromatic heterocycles. The summed E-state index contributed by atoms with van der Waals surface area (Å²) in [5, 5.41) is 0. The number of benzene rings is 1. The Labute approximate surface area is 106 Å². The Kier molecular flexibility index (Phi) is 3.42. The number of pyridine rings is 1. The van der Waals surface area contributed by atoms with E-state index in [0.717, 1.165) is 16.7 Å². The van der Waals surface area contributed by atoms with Gasteiger partial charge in [-0.1, -0.05) is 12.1 Å². The van der Waals surface area contributed by atoms with E-state index < -0.39 is 0 Å². The molecule has 0 N–H and O–H groups in total. The molecule has 92 valence electrons. The summed E-state index contributed by atoms with van der Waals surface area (Å²) in [6, 6.07) is 9.05. The molecule has 0 saturated carbocycles. The zero-order valence-corrected chi connectivity index (χ0v) is 10.7. The van der Waals surface area contributed by atoms with Crippen LogP contribution >= 0.6 is 0 Å². The Morgan fingerprint density at radius 2 is 1.83 bits per heavy atom. The standard InChI is InChI=1S/C15H15NO2/c1-10-4-7-14(16-9-10)18-15(17)13-6-5-11(2)12(3)8-13/h4-9H,1-3H3. The van der Waals surface area contributed by atoms with E-state index in [1.165, 1.54) is 0 Å². The molecule has 0 bridgehead atoms. The zero-order valence-electron chi connectivity index (χ0n) is 10.7. The molecule has 1 heterocycles. The zero-order chi connectivity index (χ0) is 13.1. The van der Waals surface area contributed by atoms with Crippen LogP contribution in [0.2, 0.25) is 0 Å². The van der Waals surface area contributed by atoms with Gasteiger partial charge in [0, 0.05) is 12.3 Å². The maximum absolute atomic E-state index is 11.9. The molecule has 0 saturated heterocycles. The van der Waals surface area contributed by atoms with E-state index in [1.807, 2.05) is 39.0 Å². The van der Waals surface area contributed by atoms with E-state index in [0.29, 0.717) is 11.4 Å². The lowest BCUT2D eigenvalue weighted by atomic mass is 10.1. The molecule has 0 amide bonds. The summed E-state index contributed by atoms with van der Waals surface area (Å²) >= 11 is 0. The van der Waals surface area contributed by atoms with Crippen molar-refractivity contribution in [1.82, 2.24) is 4.98 Å². The molecule has 0 unspecified atom stereocenters. The first-order valence-corrected chi connectivity index (χ1v) is 5.78. The molecular weight excluding hydrogens is 226 g/mol. The maximum atomic E-state index is 11.9. The van der Waals surface area contributed by atoms with Crippen molar-refractivity contribution in [1.29, 1.82) is 0 Å². The minimum absolute atomic E-state index is 0.323. The Balaban J connectivity index is 2.16. The van der Waals surface area contributed by atoms with Crippen LogP contribution in [0.25, 0.3) is 0 Å². The fourth-order valence-corrected chi connectivity index (χ4v) is 1.54. The molecule has 2 aromatic rings. The molecule has 1 aromatic carbocycles. The van der Waals surface area contributed by atoms with E-state index in [4.69, 9.17) is 4.74 Å². The van der Waals surface area contributed by atoms with Crippen molar-refractivity contribution in [3.63, 3.8) is 0 Å². The van der Waals surface area contributed by atoms with Crippen molar-refractivity contribution in [3.8, 4) is 5.88 Å². The van der Waals surface area contributed by atoms with Gasteiger partial charge in [0.25, 0.3) is 0 Å². The fraction of sp³-hybridized carbons (Fsp3) is 0.200.